The van der Waals surface area contributed by atoms with Gasteiger partial charge in [0.15, 0.2) is 0 Å². The molecule has 196 valence electrons. The van der Waals surface area contributed by atoms with Gasteiger partial charge < -0.3 is 19.5 Å². The number of ether oxygens (including phenoxy) is 1. The summed E-state index contributed by atoms with van der Waals surface area (Å²) in [5, 5.41) is 21.1. The first kappa shape index (κ1) is 25.3. The predicted molar refractivity (Wildman–Crippen MR) is 141 cm³/mol. The fraction of sp³-hybridized carbons (Fsp3) is 0.483. The van der Waals surface area contributed by atoms with Gasteiger partial charge in [0.25, 0.3) is 0 Å². The third kappa shape index (κ3) is 4.48. The van der Waals surface area contributed by atoms with E-state index in [-0.39, 0.29) is 17.5 Å². The SMILES string of the molecule is COC(=O)N1c2ccc3c(nc([C@@H](O)Cc4ccccc4)n3C3(C)CCC(C(=O)O)CC3)c2CC[C@@H]1C. The molecule has 2 N–H and O–H groups in total. The van der Waals surface area contributed by atoms with Crippen LogP contribution < -0.4 is 4.90 Å². The molecule has 0 saturated heterocycles. The van der Waals surface area contributed by atoms with Gasteiger partial charge in [-0.1, -0.05) is 30.3 Å². The van der Waals surface area contributed by atoms with Crippen LogP contribution in [0.25, 0.3) is 11.0 Å². The van der Waals surface area contributed by atoms with E-state index in [4.69, 9.17) is 9.72 Å². The molecule has 1 aromatic heterocycles. The van der Waals surface area contributed by atoms with Crippen molar-refractivity contribution in [1.82, 2.24) is 9.55 Å². The lowest BCUT2D eigenvalue weighted by atomic mass is 9.77. The van der Waals surface area contributed by atoms with Crippen molar-refractivity contribution in [3.05, 3.63) is 59.4 Å². The number of aromatic nitrogens is 2. The van der Waals surface area contributed by atoms with Crippen molar-refractivity contribution < 1.29 is 24.5 Å². The Kier molecular flexibility index (Phi) is 6.70. The molecule has 1 amide bonds. The Morgan fingerprint density at radius 1 is 1.14 bits per heavy atom. The molecule has 8 heteroatoms. The second-order valence-electron chi connectivity index (χ2n) is 10.8. The summed E-state index contributed by atoms with van der Waals surface area (Å²) >= 11 is 0. The number of aliphatic hydroxyl groups excluding tert-OH is 1. The first-order valence-corrected chi connectivity index (χ1v) is 13.1. The summed E-state index contributed by atoms with van der Waals surface area (Å²) in [5.41, 5.74) is 4.12. The van der Waals surface area contributed by atoms with E-state index >= 15 is 0 Å². The first-order chi connectivity index (χ1) is 17.7. The number of amides is 1. The van der Waals surface area contributed by atoms with Crippen molar-refractivity contribution in [3.8, 4) is 0 Å². The van der Waals surface area contributed by atoms with Crippen LogP contribution in [0.3, 0.4) is 0 Å². The predicted octanol–water partition coefficient (Wildman–Crippen LogP) is 5.21. The summed E-state index contributed by atoms with van der Waals surface area (Å²) in [6, 6.07) is 13.8. The zero-order valence-corrected chi connectivity index (χ0v) is 21.7. The number of anilines is 1. The van der Waals surface area contributed by atoms with E-state index in [9.17, 15) is 19.8 Å². The van der Waals surface area contributed by atoms with E-state index in [0.717, 1.165) is 40.7 Å². The number of imidazole rings is 1. The molecule has 37 heavy (non-hydrogen) atoms. The minimum atomic E-state index is -0.835. The minimum Gasteiger partial charge on any atom is -0.481 e. The molecular weight excluding hydrogens is 470 g/mol. The molecule has 8 nitrogen and oxygen atoms in total. The molecule has 3 aromatic rings. The van der Waals surface area contributed by atoms with Gasteiger partial charge in [-0.05, 0) is 70.1 Å². The van der Waals surface area contributed by atoms with Crippen LogP contribution in [0.4, 0.5) is 10.5 Å². The summed E-state index contributed by atoms with van der Waals surface area (Å²) < 4.78 is 7.24. The lowest BCUT2D eigenvalue weighted by Gasteiger charge is -2.39. The summed E-state index contributed by atoms with van der Waals surface area (Å²) in [7, 11) is 1.39. The third-order valence-corrected chi connectivity index (χ3v) is 8.34. The molecule has 0 bridgehead atoms. The highest BCUT2D eigenvalue weighted by Gasteiger charge is 2.40. The second kappa shape index (κ2) is 9.82. The Morgan fingerprint density at radius 2 is 1.84 bits per heavy atom. The summed E-state index contributed by atoms with van der Waals surface area (Å²) in [4.78, 5) is 31.0. The number of methoxy groups -OCH3 is 1. The van der Waals surface area contributed by atoms with Crippen LogP contribution in [0.1, 0.15) is 69.0 Å². The van der Waals surface area contributed by atoms with Gasteiger partial charge in [-0.2, -0.15) is 0 Å². The van der Waals surface area contributed by atoms with Gasteiger partial charge in [0.05, 0.1) is 29.7 Å². The Balaban J connectivity index is 1.64. The Bertz CT molecular complexity index is 1310. The highest BCUT2D eigenvalue weighted by Crippen LogP contribution is 2.44. The molecule has 2 aliphatic rings. The largest absolute Gasteiger partial charge is 0.481 e. The number of benzene rings is 2. The maximum atomic E-state index is 12.6. The molecule has 2 atom stereocenters. The van der Waals surface area contributed by atoms with Crippen LogP contribution in [-0.4, -0.2) is 45.0 Å². The highest BCUT2D eigenvalue weighted by atomic mass is 16.5. The van der Waals surface area contributed by atoms with Gasteiger partial charge >= 0.3 is 12.1 Å². The van der Waals surface area contributed by atoms with Crippen molar-refractivity contribution in [3.63, 3.8) is 0 Å². The second-order valence-corrected chi connectivity index (χ2v) is 10.8. The number of aryl methyl sites for hydroxylation is 1. The van der Waals surface area contributed by atoms with Gasteiger partial charge in [0.1, 0.15) is 11.9 Å². The van der Waals surface area contributed by atoms with E-state index in [1.165, 1.54) is 7.11 Å². The van der Waals surface area contributed by atoms with Crippen LogP contribution >= 0.6 is 0 Å². The van der Waals surface area contributed by atoms with Gasteiger partial charge in [0.2, 0.25) is 0 Å². The Morgan fingerprint density at radius 3 is 2.49 bits per heavy atom. The minimum absolute atomic E-state index is 0.00596. The number of nitrogens with zero attached hydrogens (tertiary/aromatic N) is 3. The highest BCUT2D eigenvalue weighted by molar-refractivity contribution is 5.95. The maximum absolute atomic E-state index is 12.6. The van der Waals surface area contributed by atoms with Crippen molar-refractivity contribution in [2.24, 2.45) is 5.92 Å². The molecule has 2 aromatic carbocycles. The van der Waals surface area contributed by atoms with Crippen LogP contribution in [0.2, 0.25) is 0 Å². The topological polar surface area (TPSA) is 105 Å². The van der Waals surface area contributed by atoms with Gasteiger partial charge in [-0.15, -0.1) is 0 Å². The Labute approximate surface area is 216 Å². The number of carboxylic acids is 1. The number of rotatable bonds is 5. The zero-order chi connectivity index (χ0) is 26.3. The Hall–Kier alpha value is -3.39. The molecule has 1 aliphatic heterocycles. The molecule has 5 rings (SSSR count). The fourth-order valence-electron chi connectivity index (χ4n) is 6.20. The lowest BCUT2D eigenvalue weighted by Crippen LogP contribution is -2.42. The van der Waals surface area contributed by atoms with Crippen LogP contribution in [0, 0.1) is 5.92 Å². The van der Waals surface area contributed by atoms with Gasteiger partial charge in [0, 0.05) is 23.6 Å². The molecule has 0 spiro atoms. The van der Waals surface area contributed by atoms with E-state index in [0.29, 0.717) is 37.9 Å². The van der Waals surface area contributed by atoms with Crippen molar-refractivity contribution >= 4 is 28.8 Å². The van der Waals surface area contributed by atoms with E-state index < -0.39 is 18.2 Å². The van der Waals surface area contributed by atoms with Crippen molar-refractivity contribution in [2.45, 2.75) is 76.5 Å². The first-order valence-electron chi connectivity index (χ1n) is 13.1. The van der Waals surface area contributed by atoms with E-state index in [1.807, 2.05) is 49.4 Å². The smallest absolute Gasteiger partial charge is 0.414 e. The molecule has 2 heterocycles. The molecule has 1 aliphatic carbocycles. The van der Waals surface area contributed by atoms with Gasteiger partial charge in [-0.3, -0.25) is 9.69 Å². The maximum Gasteiger partial charge on any atom is 0.414 e. The summed E-state index contributed by atoms with van der Waals surface area (Å²) in [6.07, 6.45) is 3.28. The molecule has 0 radical (unpaired) electrons. The number of carbonyl (C=O) groups is 2. The van der Waals surface area contributed by atoms with Crippen LogP contribution in [0.15, 0.2) is 42.5 Å². The van der Waals surface area contributed by atoms with Gasteiger partial charge in [-0.25, -0.2) is 9.78 Å². The quantitative estimate of drug-likeness (QED) is 0.493. The van der Waals surface area contributed by atoms with E-state index in [2.05, 4.69) is 11.5 Å². The number of hydrogen-bond acceptors (Lipinski definition) is 5. The van der Waals surface area contributed by atoms with Crippen molar-refractivity contribution in [2.75, 3.05) is 12.0 Å². The number of hydrogen-bond donors (Lipinski definition) is 2. The lowest BCUT2D eigenvalue weighted by molar-refractivity contribution is -0.143. The summed E-state index contributed by atoms with van der Waals surface area (Å²) in [6.45, 7) is 4.16. The average Bonchev–Trinajstić information content (AvgIpc) is 3.30. The third-order valence-electron chi connectivity index (χ3n) is 8.34. The number of aliphatic carboxylic acids is 1. The zero-order valence-electron chi connectivity index (χ0n) is 21.7. The normalized spacial score (nSPS) is 24.5. The average molecular weight is 506 g/mol. The van der Waals surface area contributed by atoms with Crippen LogP contribution in [-0.2, 0) is 27.9 Å². The molecular formula is C29H35N3O5. The number of carbonyl (C=O) groups excluding carboxylic acids is 1. The molecule has 0 unspecified atom stereocenters. The monoisotopic (exact) mass is 505 g/mol. The molecule has 1 saturated carbocycles. The number of carboxylic acid groups (broad SMARTS) is 1. The number of aliphatic hydroxyl groups is 1. The standard InChI is InChI=1S/C29H35N3O5/c1-18-9-10-21-22(31(18)28(36)37-3)11-12-23-25(21)30-26(24(33)17-19-7-5-4-6-8-19)32(23)29(2)15-13-20(14-16-29)27(34)35/h4-8,11-12,18,20,24,33H,9-10,13-17H2,1-3H3,(H,34,35)/t18-,20?,24-,29?/m0/s1. The number of fused-ring (bicyclic) bond motifs is 3. The van der Waals surface area contributed by atoms with E-state index in [1.54, 1.807) is 4.90 Å². The van der Waals surface area contributed by atoms with Crippen LogP contribution in [0.5, 0.6) is 0 Å². The summed E-state index contributed by atoms with van der Waals surface area (Å²) in [5.74, 6) is -0.497. The fourth-order valence-corrected chi connectivity index (χ4v) is 6.20. The van der Waals surface area contributed by atoms with Crippen molar-refractivity contribution in [1.29, 1.82) is 0 Å². The molecule has 1 fully saturated rings.